The SMILES string of the molecule is Cc1cccc2c1N(C)CCC2C(N)CO. The van der Waals surface area contributed by atoms with Gasteiger partial charge in [-0.15, -0.1) is 0 Å². The second-order valence-electron chi connectivity index (χ2n) is 4.68. The smallest absolute Gasteiger partial charge is 0.0588 e. The topological polar surface area (TPSA) is 49.5 Å². The van der Waals surface area contributed by atoms with Gasteiger partial charge in [0.1, 0.15) is 0 Å². The highest BCUT2D eigenvalue weighted by Crippen LogP contribution is 2.37. The maximum absolute atomic E-state index is 9.21. The number of anilines is 1. The molecule has 0 bridgehead atoms. The minimum atomic E-state index is -0.144. The van der Waals surface area contributed by atoms with Crippen LogP contribution in [0.5, 0.6) is 0 Å². The van der Waals surface area contributed by atoms with Gasteiger partial charge < -0.3 is 15.7 Å². The Morgan fingerprint density at radius 1 is 1.56 bits per heavy atom. The predicted molar refractivity (Wildman–Crippen MR) is 66.9 cm³/mol. The van der Waals surface area contributed by atoms with Crippen molar-refractivity contribution in [1.82, 2.24) is 0 Å². The van der Waals surface area contributed by atoms with E-state index in [1.54, 1.807) is 0 Å². The van der Waals surface area contributed by atoms with E-state index in [1.807, 2.05) is 0 Å². The van der Waals surface area contributed by atoms with Gasteiger partial charge in [-0.05, 0) is 24.5 Å². The van der Waals surface area contributed by atoms with Crippen LogP contribution in [0.15, 0.2) is 18.2 Å². The number of hydrogen-bond donors (Lipinski definition) is 2. The van der Waals surface area contributed by atoms with E-state index in [2.05, 4.69) is 37.1 Å². The first kappa shape index (κ1) is 11.4. The molecule has 2 unspecified atom stereocenters. The summed E-state index contributed by atoms with van der Waals surface area (Å²) in [5.41, 5.74) is 9.86. The van der Waals surface area contributed by atoms with Gasteiger partial charge in [0.2, 0.25) is 0 Å². The molecule has 1 aromatic rings. The molecule has 0 fully saturated rings. The second-order valence-corrected chi connectivity index (χ2v) is 4.68. The fourth-order valence-electron chi connectivity index (χ4n) is 2.67. The van der Waals surface area contributed by atoms with Gasteiger partial charge in [-0.1, -0.05) is 18.2 Å². The molecule has 0 radical (unpaired) electrons. The number of nitrogens with zero attached hydrogens (tertiary/aromatic N) is 1. The monoisotopic (exact) mass is 220 g/mol. The summed E-state index contributed by atoms with van der Waals surface area (Å²) in [7, 11) is 2.12. The number of rotatable bonds is 2. The zero-order valence-electron chi connectivity index (χ0n) is 9.98. The largest absolute Gasteiger partial charge is 0.395 e. The van der Waals surface area contributed by atoms with Crippen molar-refractivity contribution < 1.29 is 5.11 Å². The van der Waals surface area contributed by atoms with Crippen molar-refractivity contribution in [3.8, 4) is 0 Å². The van der Waals surface area contributed by atoms with Crippen LogP contribution in [0.3, 0.4) is 0 Å². The summed E-state index contributed by atoms with van der Waals surface area (Å²) in [4.78, 5) is 2.28. The Balaban J connectivity index is 2.44. The van der Waals surface area contributed by atoms with Crippen LogP contribution >= 0.6 is 0 Å². The first-order chi connectivity index (χ1) is 7.65. The number of para-hydroxylation sites is 1. The molecule has 3 heteroatoms. The quantitative estimate of drug-likeness (QED) is 0.788. The number of aryl methyl sites for hydroxylation is 1. The minimum absolute atomic E-state index is 0.0573. The summed E-state index contributed by atoms with van der Waals surface area (Å²) >= 11 is 0. The number of hydrogen-bond acceptors (Lipinski definition) is 3. The third-order valence-corrected chi connectivity index (χ3v) is 3.55. The minimum Gasteiger partial charge on any atom is -0.395 e. The molecular weight excluding hydrogens is 200 g/mol. The van der Waals surface area contributed by atoms with Gasteiger partial charge in [0.25, 0.3) is 0 Å². The molecule has 0 aromatic heterocycles. The Kier molecular flexibility index (Phi) is 3.17. The number of aliphatic hydroxyl groups excluding tert-OH is 1. The van der Waals surface area contributed by atoms with Crippen molar-refractivity contribution in [2.45, 2.75) is 25.3 Å². The van der Waals surface area contributed by atoms with Gasteiger partial charge in [0, 0.05) is 31.2 Å². The summed E-state index contributed by atoms with van der Waals surface area (Å²) in [6.07, 6.45) is 1.02. The average Bonchev–Trinajstić information content (AvgIpc) is 2.28. The maximum Gasteiger partial charge on any atom is 0.0588 e. The molecule has 0 saturated carbocycles. The van der Waals surface area contributed by atoms with Gasteiger partial charge in [0.05, 0.1) is 6.61 Å². The summed E-state index contributed by atoms with van der Waals surface area (Å²) in [5.74, 6) is 0.288. The first-order valence-corrected chi connectivity index (χ1v) is 5.82. The van der Waals surface area contributed by atoms with Crippen LogP contribution in [-0.2, 0) is 0 Å². The van der Waals surface area contributed by atoms with E-state index in [1.165, 1.54) is 16.8 Å². The Morgan fingerprint density at radius 3 is 3.00 bits per heavy atom. The van der Waals surface area contributed by atoms with Crippen LogP contribution in [0.4, 0.5) is 5.69 Å². The number of nitrogens with two attached hydrogens (primary N) is 1. The van der Waals surface area contributed by atoms with Gasteiger partial charge >= 0.3 is 0 Å². The molecule has 0 amide bonds. The highest BCUT2D eigenvalue weighted by molar-refractivity contribution is 5.62. The number of benzene rings is 1. The first-order valence-electron chi connectivity index (χ1n) is 5.82. The highest BCUT2D eigenvalue weighted by Gasteiger charge is 2.28. The van der Waals surface area contributed by atoms with Crippen molar-refractivity contribution in [2.75, 3.05) is 25.1 Å². The Bertz CT molecular complexity index is 378. The molecule has 1 aromatic carbocycles. The summed E-state index contributed by atoms with van der Waals surface area (Å²) in [6.45, 7) is 3.19. The number of fused-ring (bicyclic) bond motifs is 1. The van der Waals surface area contributed by atoms with E-state index in [0.717, 1.165) is 13.0 Å². The second kappa shape index (κ2) is 4.44. The Hall–Kier alpha value is -1.06. The lowest BCUT2D eigenvalue weighted by molar-refractivity contribution is 0.244. The molecule has 88 valence electrons. The predicted octanol–water partition coefficient (Wildman–Crippen LogP) is 1.24. The van der Waals surface area contributed by atoms with Crippen molar-refractivity contribution in [1.29, 1.82) is 0 Å². The van der Waals surface area contributed by atoms with Crippen molar-refractivity contribution in [3.63, 3.8) is 0 Å². The zero-order chi connectivity index (χ0) is 11.7. The van der Waals surface area contributed by atoms with Crippen LogP contribution < -0.4 is 10.6 Å². The van der Waals surface area contributed by atoms with Crippen LogP contribution in [-0.4, -0.2) is 31.3 Å². The summed E-state index contributed by atoms with van der Waals surface area (Å²) in [5, 5.41) is 9.21. The third-order valence-electron chi connectivity index (χ3n) is 3.55. The van der Waals surface area contributed by atoms with E-state index >= 15 is 0 Å². The fraction of sp³-hybridized carbons (Fsp3) is 0.538. The standard InChI is InChI=1S/C13H20N2O/c1-9-4-3-5-11-10(12(14)8-16)6-7-15(2)13(9)11/h3-5,10,12,16H,6-8,14H2,1-2H3. The van der Waals surface area contributed by atoms with E-state index in [4.69, 9.17) is 5.73 Å². The average molecular weight is 220 g/mol. The maximum atomic E-state index is 9.21. The lowest BCUT2D eigenvalue weighted by atomic mass is 9.84. The van der Waals surface area contributed by atoms with Crippen LogP contribution in [0.2, 0.25) is 0 Å². The molecule has 2 rings (SSSR count). The van der Waals surface area contributed by atoms with Crippen molar-refractivity contribution >= 4 is 5.69 Å². The van der Waals surface area contributed by atoms with Crippen molar-refractivity contribution in [2.24, 2.45) is 5.73 Å². The molecule has 3 nitrogen and oxygen atoms in total. The molecule has 2 atom stereocenters. The molecule has 0 aliphatic carbocycles. The molecule has 16 heavy (non-hydrogen) atoms. The van der Waals surface area contributed by atoms with E-state index in [9.17, 15) is 5.11 Å². The molecule has 0 spiro atoms. The zero-order valence-corrected chi connectivity index (χ0v) is 9.98. The lowest BCUT2D eigenvalue weighted by Crippen LogP contribution is -2.38. The summed E-state index contributed by atoms with van der Waals surface area (Å²) < 4.78 is 0. The normalized spacial score (nSPS) is 21.8. The fourth-order valence-corrected chi connectivity index (χ4v) is 2.67. The lowest BCUT2D eigenvalue weighted by Gasteiger charge is -2.36. The molecule has 3 N–H and O–H groups in total. The van der Waals surface area contributed by atoms with E-state index in [0.29, 0.717) is 0 Å². The van der Waals surface area contributed by atoms with Crippen LogP contribution in [0.25, 0.3) is 0 Å². The van der Waals surface area contributed by atoms with Gasteiger partial charge in [-0.2, -0.15) is 0 Å². The van der Waals surface area contributed by atoms with Gasteiger partial charge in [-0.3, -0.25) is 0 Å². The molecular formula is C13H20N2O. The van der Waals surface area contributed by atoms with Gasteiger partial charge in [-0.25, -0.2) is 0 Å². The Labute approximate surface area is 96.9 Å². The van der Waals surface area contributed by atoms with E-state index in [-0.39, 0.29) is 18.6 Å². The highest BCUT2D eigenvalue weighted by atomic mass is 16.3. The van der Waals surface area contributed by atoms with Crippen LogP contribution in [0.1, 0.15) is 23.5 Å². The van der Waals surface area contributed by atoms with Gasteiger partial charge in [0.15, 0.2) is 0 Å². The Morgan fingerprint density at radius 2 is 2.31 bits per heavy atom. The molecule has 1 aliphatic heterocycles. The number of aliphatic hydroxyl groups is 1. The molecule has 1 heterocycles. The summed E-state index contributed by atoms with van der Waals surface area (Å²) in [6, 6.07) is 6.19. The molecule has 0 saturated heterocycles. The molecule has 1 aliphatic rings. The van der Waals surface area contributed by atoms with E-state index < -0.39 is 0 Å². The third kappa shape index (κ3) is 1.81. The van der Waals surface area contributed by atoms with Crippen LogP contribution in [0, 0.1) is 6.92 Å². The van der Waals surface area contributed by atoms with Crippen molar-refractivity contribution in [3.05, 3.63) is 29.3 Å².